The first-order chi connectivity index (χ1) is 14.3. The summed E-state index contributed by atoms with van der Waals surface area (Å²) in [6.45, 7) is 6.87. The van der Waals surface area contributed by atoms with Gasteiger partial charge in [0.2, 0.25) is 0 Å². The second-order valence-electron chi connectivity index (χ2n) is 8.58. The summed E-state index contributed by atoms with van der Waals surface area (Å²) in [4.78, 5) is 13.8. The average Bonchev–Trinajstić information content (AvgIpc) is 2.71. The number of hydrogen-bond acceptors (Lipinski definition) is 4. The van der Waals surface area contributed by atoms with Crippen LogP contribution < -0.4 is 4.74 Å². The Morgan fingerprint density at radius 1 is 1.13 bits per heavy atom. The van der Waals surface area contributed by atoms with E-state index in [4.69, 9.17) is 9.47 Å². The largest absolute Gasteiger partial charge is 0.490 e. The molecule has 0 spiro atoms. The van der Waals surface area contributed by atoms with Crippen LogP contribution in [0.2, 0.25) is 0 Å². The van der Waals surface area contributed by atoms with Crippen LogP contribution in [0.4, 0.5) is 4.79 Å². The smallest absolute Gasteiger partial charge is 0.410 e. The average molecular weight is 410 g/mol. The highest BCUT2D eigenvalue weighted by Gasteiger charge is 2.33. The van der Waals surface area contributed by atoms with E-state index in [0.29, 0.717) is 19.6 Å². The Labute approximate surface area is 178 Å². The van der Waals surface area contributed by atoms with Crippen molar-refractivity contribution in [1.29, 1.82) is 0 Å². The first-order valence-electron chi connectivity index (χ1n) is 10.4. The highest BCUT2D eigenvalue weighted by molar-refractivity contribution is 5.68. The molecule has 1 amide bonds. The van der Waals surface area contributed by atoms with E-state index in [1.807, 2.05) is 87.5 Å². The summed E-state index contributed by atoms with van der Waals surface area (Å²) in [5.41, 5.74) is 1.66. The third kappa shape index (κ3) is 6.36. The molecule has 160 valence electrons. The van der Waals surface area contributed by atoms with E-state index in [-0.39, 0.29) is 18.6 Å². The summed E-state index contributed by atoms with van der Waals surface area (Å²) in [7, 11) is 0. The highest BCUT2D eigenvalue weighted by Crippen LogP contribution is 2.30. The molecular weight excluding hydrogens is 378 g/mol. The van der Waals surface area contributed by atoms with E-state index in [9.17, 15) is 9.90 Å². The summed E-state index contributed by atoms with van der Waals surface area (Å²) in [5.74, 6) is 0.785. The number of amides is 1. The van der Waals surface area contributed by atoms with Gasteiger partial charge in [0.15, 0.2) is 0 Å². The molecule has 1 aliphatic rings. The maximum atomic E-state index is 12.2. The monoisotopic (exact) mass is 409 g/mol. The van der Waals surface area contributed by atoms with E-state index in [1.165, 1.54) is 0 Å². The molecule has 2 aromatic carbocycles. The Morgan fingerprint density at radius 3 is 2.47 bits per heavy atom. The van der Waals surface area contributed by atoms with Crippen LogP contribution in [0.15, 0.2) is 60.7 Å². The first-order valence-corrected chi connectivity index (χ1v) is 10.4. The number of β-amino-alcohol motifs (C(OH)–C–C–N with tert-alkyl or cyclic N) is 1. The number of aliphatic hydroxyl groups is 1. The highest BCUT2D eigenvalue weighted by atomic mass is 16.6. The lowest BCUT2D eigenvalue weighted by atomic mass is 9.87. The molecule has 0 aromatic heterocycles. The minimum atomic E-state index is -0.619. The van der Waals surface area contributed by atoms with Gasteiger partial charge in [0.1, 0.15) is 18.0 Å². The lowest BCUT2D eigenvalue weighted by Crippen LogP contribution is -2.47. The maximum absolute atomic E-state index is 12.2. The van der Waals surface area contributed by atoms with Crippen molar-refractivity contribution in [3.8, 4) is 5.75 Å². The molecule has 1 saturated heterocycles. The van der Waals surface area contributed by atoms with Gasteiger partial charge in [0.05, 0.1) is 12.6 Å². The van der Waals surface area contributed by atoms with Gasteiger partial charge in [-0.05, 0) is 56.5 Å². The maximum Gasteiger partial charge on any atom is 0.410 e. The van der Waals surface area contributed by atoms with Crippen molar-refractivity contribution in [1.82, 2.24) is 4.90 Å². The number of ether oxygens (including phenoxy) is 2. The fourth-order valence-electron chi connectivity index (χ4n) is 3.52. The lowest BCUT2D eigenvalue weighted by molar-refractivity contribution is -0.00152. The van der Waals surface area contributed by atoms with Gasteiger partial charge in [-0.3, -0.25) is 0 Å². The van der Waals surface area contributed by atoms with E-state index in [0.717, 1.165) is 16.9 Å². The van der Waals surface area contributed by atoms with Crippen LogP contribution in [0, 0.1) is 0 Å². The fraction of sp³-hybridized carbons (Fsp3) is 0.400. The van der Waals surface area contributed by atoms with E-state index in [1.54, 1.807) is 4.90 Å². The van der Waals surface area contributed by atoms with Crippen molar-refractivity contribution in [2.24, 2.45) is 0 Å². The fourth-order valence-corrected chi connectivity index (χ4v) is 3.52. The van der Waals surface area contributed by atoms with Crippen LogP contribution in [0.1, 0.15) is 44.2 Å². The van der Waals surface area contributed by atoms with Crippen molar-refractivity contribution in [2.75, 3.05) is 19.7 Å². The zero-order valence-electron chi connectivity index (χ0n) is 18.0. The number of hydrogen-bond donors (Lipinski definition) is 1. The molecule has 5 nitrogen and oxygen atoms in total. The molecule has 5 heteroatoms. The normalized spacial score (nSPS) is 19.7. The van der Waals surface area contributed by atoms with Gasteiger partial charge in [-0.15, -0.1) is 0 Å². The Kier molecular flexibility index (Phi) is 7.16. The zero-order valence-corrected chi connectivity index (χ0v) is 18.0. The predicted octanol–water partition coefficient (Wildman–Crippen LogP) is 4.86. The minimum Gasteiger partial charge on any atom is -0.490 e. The number of carbonyl (C=O) groups is 1. The second-order valence-corrected chi connectivity index (χ2v) is 8.58. The van der Waals surface area contributed by atoms with Crippen molar-refractivity contribution >= 4 is 12.2 Å². The van der Waals surface area contributed by atoms with Crippen LogP contribution in [-0.4, -0.2) is 47.5 Å². The van der Waals surface area contributed by atoms with E-state index in [2.05, 4.69) is 0 Å². The predicted molar refractivity (Wildman–Crippen MR) is 119 cm³/mol. The van der Waals surface area contributed by atoms with E-state index < -0.39 is 11.7 Å². The van der Waals surface area contributed by atoms with Crippen molar-refractivity contribution in [2.45, 2.75) is 44.8 Å². The summed E-state index contributed by atoms with van der Waals surface area (Å²) in [6.07, 6.45) is 3.72. The number of likely N-dealkylation sites (tertiary alicyclic amines) is 1. The molecule has 1 aliphatic heterocycles. The standard InChI is InChI=1S/C25H31NO4/c1-25(2,3)30-24(28)26-16-15-22(23(27)18-26)20-11-13-21(14-12-20)29-17-7-10-19-8-5-4-6-9-19/h4-14,22-23,27H,15-18H2,1-3H3. The van der Waals surface area contributed by atoms with Crippen LogP contribution in [-0.2, 0) is 4.74 Å². The van der Waals surface area contributed by atoms with Crippen molar-refractivity contribution < 1.29 is 19.4 Å². The van der Waals surface area contributed by atoms with Gasteiger partial charge in [-0.2, -0.15) is 0 Å². The SMILES string of the molecule is CC(C)(C)OC(=O)N1CCC(c2ccc(OCC=Cc3ccccc3)cc2)C(O)C1. The Balaban J connectivity index is 1.50. The molecule has 1 N–H and O–H groups in total. The lowest BCUT2D eigenvalue weighted by Gasteiger charge is -2.36. The third-order valence-electron chi connectivity index (χ3n) is 5.00. The van der Waals surface area contributed by atoms with E-state index >= 15 is 0 Å². The summed E-state index contributed by atoms with van der Waals surface area (Å²) < 4.78 is 11.2. The first kappa shape index (κ1) is 21.9. The van der Waals surface area contributed by atoms with Crippen LogP contribution in [0.3, 0.4) is 0 Å². The number of nitrogens with zero attached hydrogens (tertiary/aromatic N) is 1. The van der Waals surface area contributed by atoms with Crippen molar-refractivity contribution in [3.63, 3.8) is 0 Å². The molecule has 1 fully saturated rings. The van der Waals surface area contributed by atoms with Crippen LogP contribution >= 0.6 is 0 Å². The second kappa shape index (κ2) is 9.81. The van der Waals surface area contributed by atoms with Gasteiger partial charge < -0.3 is 19.5 Å². The summed E-state index contributed by atoms with van der Waals surface area (Å²) in [6, 6.07) is 17.9. The molecule has 30 heavy (non-hydrogen) atoms. The molecule has 2 aromatic rings. The molecule has 1 heterocycles. The number of rotatable bonds is 5. The quantitative estimate of drug-likeness (QED) is 0.766. The molecule has 0 aliphatic carbocycles. The molecule has 2 atom stereocenters. The summed E-state index contributed by atoms with van der Waals surface area (Å²) >= 11 is 0. The molecule has 2 unspecified atom stereocenters. The summed E-state index contributed by atoms with van der Waals surface area (Å²) in [5, 5.41) is 10.6. The molecule has 0 saturated carbocycles. The topological polar surface area (TPSA) is 59.0 Å². The molecular formula is C25H31NO4. The Bertz CT molecular complexity index is 840. The van der Waals surface area contributed by atoms with Gasteiger partial charge >= 0.3 is 6.09 Å². The van der Waals surface area contributed by atoms with Gasteiger partial charge in [-0.1, -0.05) is 48.5 Å². The van der Waals surface area contributed by atoms with Crippen LogP contribution in [0.25, 0.3) is 6.08 Å². The number of piperidine rings is 1. The minimum absolute atomic E-state index is 0.00397. The Morgan fingerprint density at radius 2 is 1.83 bits per heavy atom. The molecule has 0 bridgehead atoms. The van der Waals surface area contributed by atoms with Crippen LogP contribution in [0.5, 0.6) is 5.75 Å². The molecule has 3 rings (SSSR count). The van der Waals surface area contributed by atoms with Crippen molar-refractivity contribution in [3.05, 3.63) is 71.8 Å². The Hall–Kier alpha value is -2.79. The van der Waals surface area contributed by atoms with Gasteiger partial charge in [0, 0.05) is 12.5 Å². The number of aliphatic hydroxyl groups excluding tert-OH is 1. The molecule has 0 radical (unpaired) electrons. The zero-order chi connectivity index (χ0) is 21.6. The number of carbonyl (C=O) groups excluding carboxylic acids is 1. The number of benzene rings is 2. The van der Waals surface area contributed by atoms with Gasteiger partial charge in [0.25, 0.3) is 0 Å². The van der Waals surface area contributed by atoms with Gasteiger partial charge in [-0.25, -0.2) is 4.79 Å². The third-order valence-corrected chi connectivity index (χ3v) is 5.00.